The standard InChI is InChI=1S/C17H13N3S/c1-11-5-6-14-16(9-11)20(17(21)19-14)15-4-2-3-12-7-8-18-10-13(12)15/h2-10H,1H3,(H,19,21). The Bertz CT molecular complexity index is 1020. The average molecular weight is 291 g/mol. The number of fused-ring (bicyclic) bond motifs is 2. The highest BCUT2D eigenvalue weighted by molar-refractivity contribution is 7.71. The first-order valence-corrected chi connectivity index (χ1v) is 7.19. The van der Waals surface area contributed by atoms with E-state index >= 15 is 0 Å². The molecule has 0 amide bonds. The maximum Gasteiger partial charge on any atom is 0.182 e. The Balaban J connectivity index is 2.16. The first-order valence-electron chi connectivity index (χ1n) is 6.78. The summed E-state index contributed by atoms with van der Waals surface area (Å²) in [6.45, 7) is 2.09. The van der Waals surface area contributed by atoms with E-state index in [1.165, 1.54) is 5.56 Å². The molecule has 1 N–H and O–H groups in total. The van der Waals surface area contributed by atoms with Crippen molar-refractivity contribution in [2.45, 2.75) is 6.92 Å². The lowest BCUT2D eigenvalue weighted by Crippen LogP contribution is -1.95. The fraction of sp³-hybridized carbons (Fsp3) is 0.0588. The van der Waals surface area contributed by atoms with Crippen molar-refractivity contribution < 1.29 is 0 Å². The molecular formula is C17H13N3S. The summed E-state index contributed by atoms with van der Waals surface area (Å²) < 4.78 is 2.79. The highest BCUT2D eigenvalue weighted by atomic mass is 32.1. The summed E-state index contributed by atoms with van der Waals surface area (Å²) in [7, 11) is 0. The minimum absolute atomic E-state index is 0.701. The molecule has 102 valence electrons. The summed E-state index contributed by atoms with van der Waals surface area (Å²) in [6, 6.07) is 14.5. The molecule has 3 nitrogen and oxygen atoms in total. The third-order valence-electron chi connectivity index (χ3n) is 3.74. The molecule has 4 rings (SSSR count). The molecule has 0 saturated heterocycles. The molecule has 0 aliphatic carbocycles. The molecule has 0 atom stereocenters. The second-order valence-corrected chi connectivity index (χ2v) is 5.55. The Hall–Kier alpha value is -2.46. The van der Waals surface area contributed by atoms with E-state index in [0.717, 1.165) is 27.5 Å². The van der Waals surface area contributed by atoms with Crippen molar-refractivity contribution in [3.05, 3.63) is 65.2 Å². The van der Waals surface area contributed by atoms with Crippen LogP contribution in [0.1, 0.15) is 5.56 Å². The highest BCUT2D eigenvalue weighted by Crippen LogP contribution is 2.26. The van der Waals surface area contributed by atoms with Gasteiger partial charge in [-0.3, -0.25) is 9.55 Å². The zero-order valence-corrected chi connectivity index (χ0v) is 12.3. The lowest BCUT2D eigenvalue weighted by atomic mass is 10.1. The van der Waals surface area contributed by atoms with Gasteiger partial charge in [0.2, 0.25) is 0 Å². The summed E-state index contributed by atoms with van der Waals surface area (Å²) in [5, 5.41) is 2.25. The predicted molar refractivity (Wildman–Crippen MR) is 88.5 cm³/mol. The summed E-state index contributed by atoms with van der Waals surface area (Å²) in [6.07, 6.45) is 3.70. The molecule has 2 aromatic heterocycles. The number of aromatic amines is 1. The molecule has 0 radical (unpaired) electrons. The third kappa shape index (κ3) is 1.87. The SMILES string of the molecule is Cc1ccc2[nH]c(=S)n(-c3cccc4ccncc34)c2c1. The first-order chi connectivity index (χ1) is 10.2. The second-order valence-electron chi connectivity index (χ2n) is 5.16. The van der Waals surface area contributed by atoms with Crippen LogP contribution in [-0.2, 0) is 0 Å². The predicted octanol–water partition coefficient (Wildman–Crippen LogP) is 4.54. The van der Waals surface area contributed by atoms with E-state index in [1.54, 1.807) is 0 Å². The van der Waals surface area contributed by atoms with Gasteiger partial charge in [-0.2, -0.15) is 0 Å². The summed E-state index contributed by atoms with van der Waals surface area (Å²) in [5.41, 5.74) is 4.41. The minimum Gasteiger partial charge on any atom is -0.330 e. The molecular weight excluding hydrogens is 278 g/mol. The fourth-order valence-electron chi connectivity index (χ4n) is 2.74. The van der Waals surface area contributed by atoms with Crippen LogP contribution in [0.3, 0.4) is 0 Å². The maximum absolute atomic E-state index is 5.53. The number of H-pyrrole nitrogens is 1. The van der Waals surface area contributed by atoms with Crippen LogP contribution in [0.4, 0.5) is 0 Å². The van der Waals surface area contributed by atoms with Crippen molar-refractivity contribution >= 4 is 34.0 Å². The number of aryl methyl sites for hydroxylation is 1. The number of hydrogen-bond donors (Lipinski definition) is 1. The normalized spacial score (nSPS) is 11.3. The van der Waals surface area contributed by atoms with Crippen molar-refractivity contribution in [1.82, 2.24) is 14.5 Å². The minimum atomic E-state index is 0.701. The molecule has 0 aliphatic heterocycles. The van der Waals surface area contributed by atoms with Crippen LogP contribution in [0.25, 0.3) is 27.5 Å². The lowest BCUT2D eigenvalue weighted by molar-refractivity contribution is 1.07. The van der Waals surface area contributed by atoms with E-state index in [4.69, 9.17) is 12.2 Å². The average Bonchev–Trinajstić information content (AvgIpc) is 2.82. The molecule has 21 heavy (non-hydrogen) atoms. The van der Waals surface area contributed by atoms with Crippen LogP contribution in [0.2, 0.25) is 0 Å². The fourth-order valence-corrected chi connectivity index (χ4v) is 3.05. The quantitative estimate of drug-likeness (QED) is 0.522. The topological polar surface area (TPSA) is 33.6 Å². The Morgan fingerprint density at radius 3 is 2.95 bits per heavy atom. The molecule has 0 aliphatic rings. The van der Waals surface area contributed by atoms with Crippen LogP contribution in [0.15, 0.2) is 54.9 Å². The Morgan fingerprint density at radius 1 is 1.14 bits per heavy atom. The van der Waals surface area contributed by atoms with Gasteiger partial charge in [-0.15, -0.1) is 0 Å². The van der Waals surface area contributed by atoms with Gasteiger partial charge < -0.3 is 4.98 Å². The van der Waals surface area contributed by atoms with Crippen LogP contribution in [0, 0.1) is 11.7 Å². The van der Waals surface area contributed by atoms with Crippen LogP contribution >= 0.6 is 12.2 Å². The zero-order chi connectivity index (χ0) is 14.4. The Labute approximate surface area is 126 Å². The number of pyridine rings is 1. The lowest BCUT2D eigenvalue weighted by Gasteiger charge is -2.08. The van der Waals surface area contributed by atoms with Gasteiger partial charge in [-0.05, 0) is 54.4 Å². The number of nitrogens with zero attached hydrogens (tertiary/aromatic N) is 2. The number of aromatic nitrogens is 3. The molecule has 2 heterocycles. The van der Waals surface area contributed by atoms with Crippen molar-refractivity contribution in [1.29, 1.82) is 0 Å². The van der Waals surface area contributed by atoms with Crippen molar-refractivity contribution in [2.75, 3.05) is 0 Å². The van der Waals surface area contributed by atoms with Gasteiger partial charge in [0, 0.05) is 17.8 Å². The number of rotatable bonds is 1. The smallest absolute Gasteiger partial charge is 0.182 e. The monoisotopic (exact) mass is 291 g/mol. The Kier molecular flexibility index (Phi) is 2.65. The van der Waals surface area contributed by atoms with E-state index < -0.39 is 0 Å². The van der Waals surface area contributed by atoms with E-state index in [9.17, 15) is 0 Å². The van der Waals surface area contributed by atoms with Gasteiger partial charge in [0.05, 0.1) is 16.7 Å². The third-order valence-corrected chi connectivity index (χ3v) is 4.02. The number of hydrogen-bond acceptors (Lipinski definition) is 2. The van der Waals surface area contributed by atoms with Gasteiger partial charge in [0.25, 0.3) is 0 Å². The van der Waals surface area contributed by atoms with Crippen molar-refractivity contribution in [2.24, 2.45) is 0 Å². The molecule has 0 fully saturated rings. The molecule has 4 heteroatoms. The van der Waals surface area contributed by atoms with Gasteiger partial charge in [-0.1, -0.05) is 18.2 Å². The number of benzene rings is 2. The van der Waals surface area contributed by atoms with Crippen LogP contribution < -0.4 is 0 Å². The van der Waals surface area contributed by atoms with E-state index in [2.05, 4.69) is 51.8 Å². The first kappa shape index (κ1) is 12.3. The van der Waals surface area contributed by atoms with E-state index in [-0.39, 0.29) is 0 Å². The Morgan fingerprint density at radius 2 is 2.05 bits per heavy atom. The van der Waals surface area contributed by atoms with Gasteiger partial charge in [0.1, 0.15) is 0 Å². The molecule has 0 saturated carbocycles. The second kappa shape index (κ2) is 4.53. The molecule has 0 spiro atoms. The molecule has 4 aromatic rings. The van der Waals surface area contributed by atoms with E-state index in [1.807, 2.05) is 24.5 Å². The molecule has 2 aromatic carbocycles. The van der Waals surface area contributed by atoms with Gasteiger partial charge >= 0.3 is 0 Å². The van der Waals surface area contributed by atoms with Crippen molar-refractivity contribution in [3.63, 3.8) is 0 Å². The zero-order valence-electron chi connectivity index (χ0n) is 11.5. The van der Waals surface area contributed by atoms with Crippen molar-refractivity contribution in [3.8, 4) is 5.69 Å². The van der Waals surface area contributed by atoms with E-state index in [0.29, 0.717) is 4.77 Å². The summed E-state index contributed by atoms with van der Waals surface area (Å²) >= 11 is 5.53. The number of imidazole rings is 1. The highest BCUT2D eigenvalue weighted by Gasteiger charge is 2.09. The summed E-state index contributed by atoms with van der Waals surface area (Å²) in [5.74, 6) is 0. The molecule has 0 bridgehead atoms. The van der Waals surface area contributed by atoms with Gasteiger partial charge in [-0.25, -0.2) is 0 Å². The van der Waals surface area contributed by atoms with Gasteiger partial charge in [0.15, 0.2) is 4.77 Å². The summed E-state index contributed by atoms with van der Waals surface area (Å²) in [4.78, 5) is 7.53. The maximum atomic E-state index is 5.53. The molecule has 0 unspecified atom stereocenters. The van der Waals surface area contributed by atoms with Crippen LogP contribution in [-0.4, -0.2) is 14.5 Å². The number of nitrogens with one attached hydrogen (secondary N) is 1. The van der Waals surface area contributed by atoms with Crippen LogP contribution in [0.5, 0.6) is 0 Å². The largest absolute Gasteiger partial charge is 0.330 e.